The number of hydrogen-bond donors (Lipinski definition) is 0. The van der Waals surface area contributed by atoms with Gasteiger partial charge < -0.3 is 13.6 Å². The van der Waals surface area contributed by atoms with Crippen LogP contribution in [-0.4, -0.2) is 42.1 Å². The van der Waals surface area contributed by atoms with Gasteiger partial charge in [0.15, 0.2) is 16.6 Å². The first-order valence-corrected chi connectivity index (χ1v) is 15.6. The van der Waals surface area contributed by atoms with Crippen LogP contribution >= 0.6 is 0 Å². The lowest BCUT2D eigenvalue weighted by Gasteiger charge is -2.40. The van der Waals surface area contributed by atoms with Crippen LogP contribution in [0.15, 0.2) is 12.2 Å². The van der Waals surface area contributed by atoms with E-state index >= 15 is 0 Å². The Kier molecular flexibility index (Phi) is 5.89. The quantitative estimate of drug-likeness (QED) is 0.441. The van der Waals surface area contributed by atoms with Crippen LogP contribution in [0.5, 0.6) is 0 Å². The van der Waals surface area contributed by atoms with Crippen molar-refractivity contribution in [3.63, 3.8) is 0 Å². The van der Waals surface area contributed by atoms with Crippen LogP contribution in [0.25, 0.3) is 0 Å². The van der Waals surface area contributed by atoms with Crippen LogP contribution in [0.1, 0.15) is 41.5 Å². The molecule has 25 heavy (non-hydrogen) atoms. The maximum absolute atomic E-state index is 6.54. The molecule has 2 rings (SSSR count). The van der Waals surface area contributed by atoms with Gasteiger partial charge in [-0.3, -0.25) is 0 Å². The molecule has 4 atom stereocenters. The summed E-state index contributed by atoms with van der Waals surface area (Å²) in [5.74, 6) is 0.850. The van der Waals surface area contributed by atoms with Crippen molar-refractivity contribution in [3.8, 4) is 0 Å². The molecule has 2 aliphatic heterocycles. The van der Waals surface area contributed by atoms with Gasteiger partial charge in [-0.05, 0) is 36.3 Å². The van der Waals surface area contributed by atoms with Crippen molar-refractivity contribution in [2.75, 3.05) is 13.2 Å². The smallest absolute Gasteiger partial charge is 0.191 e. The number of fused-ring (bicyclic) bond motifs is 2. The van der Waals surface area contributed by atoms with E-state index in [0.29, 0.717) is 11.8 Å². The molecule has 2 heterocycles. The van der Waals surface area contributed by atoms with Crippen molar-refractivity contribution in [3.05, 3.63) is 12.2 Å². The van der Waals surface area contributed by atoms with Crippen molar-refractivity contribution in [1.82, 2.24) is 0 Å². The summed E-state index contributed by atoms with van der Waals surface area (Å²) in [6.07, 6.45) is 4.88. The molecule has 0 aromatic carbocycles. The van der Waals surface area contributed by atoms with Crippen LogP contribution in [-0.2, 0) is 13.6 Å². The Balaban J connectivity index is 2.01. The third-order valence-corrected chi connectivity index (χ3v) is 16.1. The second-order valence-electron chi connectivity index (χ2n) is 10.9. The molecule has 146 valence electrons. The highest BCUT2D eigenvalue weighted by atomic mass is 28.4. The number of ether oxygens (including phenoxy) is 1. The summed E-state index contributed by atoms with van der Waals surface area (Å²) in [5.41, 5.74) is 0. The average Bonchev–Trinajstić information content (AvgIpc) is 3.01. The van der Waals surface area contributed by atoms with Gasteiger partial charge in [-0.15, -0.1) is 0 Å². The zero-order valence-electron chi connectivity index (χ0n) is 18.1. The molecule has 2 bridgehead atoms. The molecule has 5 heteroatoms. The SMILES string of the molecule is CC(C)(C)[Si](C)(C)OC[C@@H]1[C@H](CO[Si](C)(C)C(C)(C)C)[C@@H]2C=C[C@H]1O2. The molecule has 0 amide bonds. The van der Waals surface area contributed by atoms with E-state index in [1.165, 1.54) is 0 Å². The minimum atomic E-state index is -1.73. The zero-order chi connectivity index (χ0) is 19.3. The van der Waals surface area contributed by atoms with Crippen molar-refractivity contribution < 1.29 is 13.6 Å². The second kappa shape index (κ2) is 6.90. The van der Waals surface area contributed by atoms with Crippen molar-refractivity contribution in [2.45, 2.75) is 90.0 Å². The standard InChI is InChI=1S/C20H40O3Si2/c1-19(2,3)24(7,8)21-13-15-16(18-12-11-17(15)23-18)14-22-25(9,10)20(4,5)6/h11-12,15-18H,13-14H2,1-10H3/t15-,16+,17-,18+. The summed E-state index contributed by atoms with van der Waals surface area (Å²) in [6.45, 7) is 24.7. The molecule has 0 aromatic heterocycles. The fourth-order valence-electron chi connectivity index (χ4n) is 2.94. The van der Waals surface area contributed by atoms with Gasteiger partial charge in [0.05, 0.1) is 12.2 Å². The number of hydrogen-bond acceptors (Lipinski definition) is 3. The van der Waals surface area contributed by atoms with Crippen molar-refractivity contribution in [2.24, 2.45) is 11.8 Å². The molecular formula is C20H40O3Si2. The Morgan fingerprint density at radius 2 is 1.04 bits per heavy atom. The van der Waals surface area contributed by atoms with E-state index in [2.05, 4.69) is 79.9 Å². The Labute approximate surface area is 157 Å². The number of rotatable bonds is 6. The Morgan fingerprint density at radius 1 is 0.720 bits per heavy atom. The molecule has 3 nitrogen and oxygen atoms in total. The normalized spacial score (nSPS) is 30.3. The summed E-state index contributed by atoms with van der Waals surface area (Å²) in [4.78, 5) is 0. The molecule has 0 saturated carbocycles. The average molecular weight is 385 g/mol. The molecule has 0 aliphatic carbocycles. The monoisotopic (exact) mass is 384 g/mol. The Hall–Kier alpha value is 0.0538. The minimum Gasteiger partial charge on any atom is -0.416 e. The summed E-state index contributed by atoms with van der Waals surface area (Å²) >= 11 is 0. The van der Waals surface area contributed by atoms with E-state index in [-0.39, 0.29) is 22.3 Å². The third kappa shape index (κ3) is 4.49. The molecule has 0 N–H and O–H groups in total. The van der Waals surface area contributed by atoms with E-state index in [9.17, 15) is 0 Å². The van der Waals surface area contributed by atoms with Crippen molar-refractivity contribution >= 4 is 16.6 Å². The lowest BCUT2D eigenvalue weighted by atomic mass is 9.84. The molecule has 2 aliphatic rings. The molecule has 0 spiro atoms. The third-order valence-electron chi connectivity index (χ3n) is 7.08. The van der Waals surface area contributed by atoms with Crippen molar-refractivity contribution in [1.29, 1.82) is 0 Å². The van der Waals surface area contributed by atoms with Gasteiger partial charge in [0, 0.05) is 25.0 Å². The van der Waals surface area contributed by atoms with Crippen LogP contribution < -0.4 is 0 Å². The van der Waals surface area contributed by atoms with Gasteiger partial charge in [0.25, 0.3) is 0 Å². The highest BCUT2D eigenvalue weighted by Crippen LogP contribution is 2.44. The summed E-state index contributed by atoms with van der Waals surface area (Å²) < 4.78 is 19.2. The fraction of sp³-hybridized carbons (Fsp3) is 0.900. The molecule has 1 fully saturated rings. The molecule has 1 saturated heterocycles. The van der Waals surface area contributed by atoms with E-state index in [1.54, 1.807) is 0 Å². The van der Waals surface area contributed by atoms with Gasteiger partial charge in [-0.25, -0.2) is 0 Å². The van der Waals surface area contributed by atoms with Gasteiger partial charge >= 0.3 is 0 Å². The van der Waals surface area contributed by atoms with Crippen LogP contribution in [0, 0.1) is 11.8 Å². The topological polar surface area (TPSA) is 27.7 Å². The van der Waals surface area contributed by atoms with E-state index in [4.69, 9.17) is 13.6 Å². The van der Waals surface area contributed by atoms with Gasteiger partial charge in [0.2, 0.25) is 0 Å². The Bertz CT molecular complexity index is 456. The lowest BCUT2D eigenvalue weighted by Crippen LogP contribution is -2.46. The highest BCUT2D eigenvalue weighted by molar-refractivity contribution is 6.74. The summed E-state index contributed by atoms with van der Waals surface area (Å²) in [6, 6.07) is 0. The zero-order valence-corrected chi connectivity index (χ0v) is 20.1. The maximum Gasteiger partial charge on any atom is 0.191 e. The first-order chi connectivity index (χ1) is 11.2. The first-order valence-electron chi connectivity index (χ1n) is 9.77. The molecular weight excluding hydrogens is 344 g/mol. The van der Waals surface area contributed by atoms with E-state index in [0.717, 1.165) is 13.2 Å². The van der Waals surface area contributed by atoms with Crippen LogP contribution in [0.4, 0.5) is 0 Å². The van der Waals surface area contributed by atoms with Crippen LogP contribution in [0.3, 0.4) is 0 Å². The predicted octanol–water partition coefficient (Wildman–Crippen LogP) is 5.60. The Morgan fingerprint density at radius 3 is 1.32 bits per heavy atom. The predicted molar refractivity (Wildman–Crippen MR) is 111 cm³/mol. The maximum atomic E-state index is 6.54. The second-order valence-corrected chi connectivity index (χ2v) is 20.5. The minimum absolute atomic E-state index is 0.211. The fourth-order valence-corrected chi connectivity index (χ4v) is 5.03. The van der Waals surface area contributed by atoms with Gasteiger partial charge in [0.1, 0.15) is 0 Å². The molecule has 0 aromatic rings. The van der Waals surface area contributed by atoms with Gasteiger partial charge in [-0.2, -0.15) is 0 Å². The molecule has 0 unspecified atom stereocenters. The van der Waals surface area contributed by atoms with Gasteiger partial charge in [-0.1, -0.05) is 53.7 Å². The van der Waals surface area contributed by atoms with Crippen LogP contribution in [0.2, 0.25) is 36.3 Å². The summed E-state index contributed by atoms with van der Waals surface area (Å²) in [5, 5.41) is 0.489. The largest absolute Gasteiger partial charge is 0.416 e. The highest BCUT2D eigenvalue weighted by Gasteiger charge is 2.48. The summed E-state index contributed by atoms with van der Waals surface area (Å²) in [7, 11) is -3.46. The molecule has 0 radical (unpaired) electrons. The lowest BCUT2D eigenvalue weighted by molar-refractivity contribution is 0.0919. The first kappa shape index (κ1) is 21.4. The van der Waals surface area contributed by atoms with E-state index < -0.39 is 16.6 Å². The van der Waals surface area contributed by atoms with E-state index in [1.807, 2.05) is 0 Å².